The fourth-order valence-corrected chi connectivity index (χ4v) is 7.84. The summed E-state index contributed by atoms with van der Waals surface area (Å²) in [7, 11) is -4.12. The Morgan fingerprint density at radius 3 is 2.16 bits per heavy atom. The number of unbranched alkanes of at least 4 members (excludes halogenated alkanes) is 1. The molecule has 5 nitrogen and oxygen atoms in total. The molecule has 0 saturated heterocycles. The standard InChI is InChI=1S/C38H64O5Si2/c1-29(2)41-36(40)23-19-14-13-18-22-32-33(35(28-34(32)39)43-45(11,12)38(6,7)8)27-26-31(42-44(9,10)37(3,4)5)25-24-30-20-16-15-17-21-30/h13,15-18,20-21,26-27,29,31-33,35H,14,19,22-25,28H2,1-12H3/b18-13-,27-26+/t31-,32+,33+,35+/m0/s1. The maximum atomic E-state index is 13.5. The molecule has 0 aliphatic heterocycles. The zero-order valence-electron chi connectivity index (χ0n) is 30.6. The molecule has 45 heavy (non-hydrogen) atoms. The molecule has 4 atom stereocenters. The second kappa shape index (κ2) is 16.8. The number of hydrogen-bond donors (Lipinski definition) is 0. The van der Waals surface area contributed by atoms with Gasteiger partial charge in [-0.3, -0.25) is 9.59 Å². The topological polar surface area (TPSA) is 61.8 Å². The first-order chi connectivity index (χ1) is 20.7. The van der Waals surface area contributed by atoms with E-state index in [1.54, 1.807) is 0 Å². The van der Waals surface area contributed by atoms with Crippen LogP contribution in [-0.2, 0) is 29.6 Å². The maximum Gasteiger partial charge on any atom is 0.306 e. The van der Waals surface area contributed by atoms with Crippen molar-refractivity contribution in [1.29, 1.82) is 0 Å². The van der Waals surface area contributed by atoms with Gasteiger partial charge in [-0.15, -0.1) is 0 Å². The Labute approximate surface area is 277 Å². The van der Waals surface area contributed by atoms with Crippen LogP contribution in [0.3, 0.4) is 0 Å². The molecule has 1 fully saturated rings. The van der Waals surface area contributed by atoms with Gasteiger partial charge >= 0.3 is 5.97 Å². The first-order valence-electron chi connectivity index (χ1n) is 17.2. The van der Waals surface area contributed by atoms with Crippen molar-refractivity contribution in [1.82, 2.24) is 0 Å². The van der Waals surface area contributed by atoms with Crippen molar-refractivity contribution in [2.45, 2.75) is 155 Å². The fraction of sp³-hybridized carbons (Fsp3) is 0.684. The minimum atomic E-state index is -2.09. The second-order valence-corrected chi connectivity index (χ2v) is 25.7. The van der Waals surface area contributed by atoms with E-state index >= 15 is 0 Å². The summed E-state index contributed by atoms with van der Waals surface area (Å²) in [5, 5.41) is 0.157. The summed E-state index contributed by atoms with van der Waals surface area (Å²) in [5.74, 6) is 0.00644. The lowest BCUT2D eigenvalue weighted by atomic mass is 9.90. The van der Waals surface area contributed by atoms with Crippen molar-refractivity contribution in [3.8, 4) is 0 Å². The van der Waals surface area contributed by atoms with Crippen molar-refractivity contribution in [2.75, 3.05) is 0 Å². The van der Waals surface area contributed by atoms with E-state index in [0.29, 0.717) is 19.3 Å². The number of carbonyl (C=O) groups is 2. The lowest BCUT2D eigenvalue weighted by molar-refractivity contribution is -0.147. The SMILES string of the molecule is CC(C)OC(=O)CCC/C=C\C[C@H]1C(=O)C[C@@H](O[Si](C)(C)C(C)(C)C)[C@@H]1/C=C/[C@H](CCc1ccccc1)O[Si](C)(C)C(C)(C)C. The minimum absolute atomic E-state index is 0.000430. The largest absolute Gasteiger partial charge is 0.463 e. The number of hydrogen-bond acceptors (Lipinski definition) is 5. The van der Waals surface area contributed by atoms with E-state index in [2.05, 4.69) is 122 Å². The molecular formula is C38H64O5Si2. The number of ketones is 1. The van der Waals surface area contributed by atoms with Gasteiger partial charge in [0.25, 0.3) is 0 Å². The summed E-state index contributed by atoms with van der Waals surface area (Å²) in [6.07, 6.45) is 13.5. The third-order valence-corrected chi connectivity index (χ3v) is 19.0. The van der Waals surface area contributed by atoms with E-state index in [1.807, 2.05) is 13.8 Å². The summed E-state index contributed by atoms with van der Waals surface area (Å²) in [4.78, 5) is 25.4. The van der Waals surface area contributed by atoms with Crippen LogP contribution in [0.1, 0.15) is 99.5 Å². The molecule has 1 aromatic rings. The molecule has 0 aromatic heterocycles. The zero-order valence-corrected chi connectivity index (χ0v) is 32.6. The van der Waals surface area contributed by atoms with Crippen molar-refractivity contribution < 1.29 is 23.2 Å². The highest BCUT2D eigenvalue weighted by Crippen LogP contribution is 2.43. The number of aryl methyl sites for hydroxylation is 1. The predicted molar refractivity (Wildman–Crippen MR) is 193 cm³/mol. The zero-order chi connectivity index (χ0) is 34.1. The number of ether oxygens (including phenoxy) is 1. The molecule has 7 heteroatoms. The summed E-state index contributed by atoms with van der Waals surface area (Å²) in [6, 6.07) is 10.6. The molecule has 0 heterocycles. The van der Waals surface area contributed by atoms with Gasteiger partial charge in [-0.05, 0) is 87.8 Å². The minimum Gasteiger partial charge on any atom is -0.463 e. The third-order valence-electron chi connectivity index (χ3n) is 10.00. The van der Waals surface area contributed by atoms with Crippen molar-refractivity contribution in [2.24, 2.45) is 11.8 Å². The summed E-state index contributed by atoms with van der Waals surface area (Å²) in [6.45, 7) is 26.5. The van der Waals surface area contributed by atoms with Crippen LogP contribution in [0.2, 0.25) is 36.3 Å². The number of allylic oxidation sites excluding steroid dienone is 2. The van der Waals surface area contributed by atoms with Crippen LogP contribution in [0, 0.1) is 11.8 Å². The van der Waals surface area contributed by atoms with Crippen LogP contribution in [-0.4, -0.2) is 46.7 Å². The smallest absolute Gasteiger partial charge is 0.306 e. The predicted octanol–water partition coefficient (Wildman–Crippen LogP) is 10.2. The number of esters is 1. The van der Waals surface area contributed by atoms with E-state index in [-0.39, 0.29) is 52.0 Å². The number of benzene rings is 1. The van der Waals surface area contributed by atoms with E-state index in [1.165, 1.54) is 5.56 Å². The molecule has 0 amide bonds. The Kier molecular flexibility index (Phi) is 14.7. The summed E-state index contributed by atoms with van der Waals surface area (Å²) < 4.78 is 19.2. The maximum absolute atomic E-state index is 13.5. The summed E-state index contributed by atoms with van der Waals surface area (Å²) in [5.41, 5.74) is 1.31. The molecule has 1 saturated carbocycles. The molecule has 2 rings (SSSR count). The Morgan fingerprint density at radius 1 is 0.956 bits per heavy atom. The lowest BCUT2D eigenvalue weighted by Crippen LogP contribution is -2.45. The number of rotatable bonds is 16. The second-order valence-electron chi connectivity index (χ2n) is 16.2. The molecule has 0 radical (unpaired) electrons. The average molecular weight is 657 g/mol. The first-order valence-corrected chi connectivity index (χ1v) is 23.0. The molecule has 1 aliphatic carbocycles. The van der Waals surface area contributed by atoms with Gasteiger partial charge in [0.2, 0.25) is 0 Å². The molecule has 1 aromatic carbocycles. The average Bonchev–Trinajstić information content (AvgIpc) is 3.19. The highest BCUT2D eigenvalue weighted by molar-refractivity contribution is 6.74. The van der Waals surface area contributed by atoms with Crippen LogP contribution in [0.5, 0.6) is 0 Å². The van der Waals surface area contributed by atoms with Gasteiger partial charge in [0.15, 0.2) is 16.6 Å². The van der Waals surface area contributed by atoms with E-state index < -0.39 is 16.6 Å². The van der Waals surface area contributed by atoms with Gasteiger partial charge in [0.1, 0.15) is 5.78 Å². The molecule has 0 bridgehead atoms. The number of Topliss-reactive ketones (excluding diaryl/α,β-unsaturated/α-hetero) is 1. The highest BCUT2D eigenvalue weighted by Gasteiger charge is 2.47. The van der Waals surface area contributed by atoms with Crippen LogP contribution in [0.25, 0.3) is 0 Å². The molecule has 0 N–H and O–H groups in total. The van der Waals surface area contributed by atoms with Crippen molar-refractivity contribution in [3.63, 3.8) is 0 Å². The summed E-state index contributed by atoms with van der Waals surface area (Å²) >= 11 is 0. The van der Waals surface area contributed by atoms with Gasteiger partial charge in [0.05, 0.1) is 18.3 Å². The molecule has 1 aliphatic rings. The first kappa shape index (κ1) is 39.4. The van der Waals surface area contributed by atoms with Gasteiger partial charge < -0.3 is 13.6 Å². The van der Waals surface area contributed by atoms with Gasteiger partial charge in [0, 0.05) is 24.7 Å². The molecule has 0 unspecified atom stereocenters. The van der Waals surface area contributed by atoms with Crippen LogP contribution < -0.4 is 0 Å². The van der Waals surface area contributed by atoms with E-state index in [9.17, 15) is 9.59 Å². The van der Waals surface area contributed by atoms with Gasteiger partial charge in [-0.2, -0.15) is 0 Å². The van der Waals surface area contributed by atoms with E-state index in [0.717, 1.165) is 25.7 Å². The quantitative estimate of drug-likeness (QED) is 0.0767. The fourth-order valence-electron chi connectivity index (χ4n) is 5.18. The van der Waals surface area contributed by atoms with Crippen LogP contribution in [0.4, 0.5) is 0 Å². The van der Waals surface area contributed by atoms with Gasteiger partial charge in [-0.25, -0.2) is 0 Å². The number of carbonyl (C=O) groups excluding carboxylic acids is 2. The highest BCUT2D eigenvalue weighted by atomic mass is 28.4. The normalized spacial score (nSPS) is 20.9. The Hall–Kier alpha value is -1.81. The van der Waals surface area contributed by atoms with Crippen molar-refractivity contribution >= 4 is 28.4 Å². The molecule has 0 spiro atoms. The van der Waals surface area contributed by atoms with Crippen LogP contribution in [0.15, 0.2) is 54.6 Å². The monoisotopic (exact) mass is 656 g/mol. The Balaban J connectivity index is 2.29. The van der Waals surface area contributed by atoms with E-state index in [4.69, 9.17) is 13.6 Å². The lowest BCUT2D eigenvalue weighted by Gasteiger charge is -2.40. The van der Waals surface area contributed by atoms with Crippen LogP contribution >= 0.6 is 0 Å². The Bertz CT molecular complexity index is 1130. The molecular weight excluding hydrogens is 593 g/mol. The van der Waals surface area contributed by atoms with Crippen molar-refractivity contribution in [3.05, 3.63) is 60.2 Å². The Morgan fingerprint density at radius 2 is 1.58 bits per heavy atom. The van der Waals surface area contributed by atoms with Gasteiger partial charge in [-0.1, -0.05) is 96.2 Å². The molecule has 254 valence electrons. The third kappa shape index (κ3) is 12.7.